The van der Waals surface area contributed by atoms with Gasteiger partial charge in [-0.1, -0.05) is 12.1 Å². The maximum absolute atomic E-state index is 14.1. The molecule has 1 amide bonds. The summed E-state index contributed by atoms with van der Waals surface area (Å²) in [5, 5.41) is 0. The summed E-state index contributed by atoms with van der Waals surface area (Å²) in [6.45, 7) is 3.71. The Morgan fingerprint density at radius 1 is 1.33 bits per heavy atom. The first kappa shape index (κ1) is 19.2. The Morgan fingerprint density at radius 3 is 2.74 bits per heavy atom. The SMILES string of the molecule is C=CCNS(=O)(=O)c1cc(C(=O)N(Cc2ccccn2)C2CC2)ccc1F. The number of carbonyl (C=O) groups is 1. The van der Waals surface area contributed by atoms with Crippen LogP contribution in [-0.4, -0.2) is 36.8 Å². The van der Waals surface area contributed by atoms with E-state index in [0.717, 1.165) is 30.7 Å². The van der Waals surface area contributed by atoms with E-state index in [1.807, 2.05) is 12.1 Å². The molecule has 1 aliphatic carbocycles. The van der Waals surface area contributed by atoms with Crippen LogP contribution >= 0.6 is 0 Å². The Hall–Kier alpha value is -2.58. The van der Waals surface area contributed by atoms with Gasteiger partial charge in [0.05, 0.1) is 12.2 Å². The number of sulfonamides is 1. The van der Waals surface area contributed by atoms with Gasteiger partial charge in [0.1, 0.15) is 10.7 Å². The number of pyridine rings is 1. The third-order valence-corrected chi connectivity index (χ3v) is 5.63. The van der Waals surface area contributed by atoms with Crippen molar-refractivity contribution in [3.63, 3.8) is 0 Å². The van der Waals surface area contributed by atoms with Crippen LogP contribution in [0.5, 0.6) is 0 Å². The van der Waals surface area contributed by atoms with Gasteiger partial charge in [-0.2, -0.15) is 0 Å². The van der Waals surface area contributed by atoms with Crippen molar-refractivity contribution in [1.82, 2.24) is 14.6 Å². The van der Waals surface area contributed by atoms with Gasteiger partial charge in [-0.15, -0.1) is 6.58 Å². The van der Waals surface area contributed by atoms with Crippen molar-refractivity contribution in [2.24, 2.45) is 0 Å². The highest BCUT2D eigenvalue weighted by molar-refractivity contribution is 7.89. The first-order chi connectivity index (χ1) is 12.9. The Kier molecular flexibility index (Phi) is 5.67. The maximum atomic E-state index is 14.1. The molecular formula is C19H20FN3O3S. The molecule has 6 nitrogen and oxygen atoms in total. The van der Waals surface area contributed by atoms with E-state index >= 15 is 0 Å². The predicted molar refractivity (Wildman–Crippen MR) is 98.9 cm³/mol. The van der Waals surface area contributed by atoms with Gasteiger partial charge >= 0.3 is 0 Å². The Balaban J connectivity index is 1.89. The van der Waals surface area contributed by atoms with Gasteiger partial charge in [-0.05, 0) is 43.2 Å². The lowest BCUT2D eigenvalue weighted by Crippen LogP contribution is -2.33. The number of rotatable bonds is 8. The molecule has 0 bridgehead atoms. The van der Waals surface area contributed by atoms with Gasteiger partial charge in [-0.25, -0.2) is 17.5 Å². The van der Waals surface area contributed by atoms with Crippen LogP contribution in [0, 0.1) is 5.82 Å². The lowest BCUT2D eigenvalue weighted by molar-refractivity contribution is 0.0727. The summed E-state index contributed by atoms with van der Waals surface area (Å²) in [5.74, 6) is -1.26. The van der Waals surface area contributed by atoms with Gasteiger partial charge in [-0.3, -0.25) is 9.78 Å². The molecule has 0 atom stereocenters. The molecule has 1 saturated carbocycles. The first-order valence-corrected chi connectivity index (χ1v) is 10.0. The van der Waals surface area contributed by atoms with Crippen molar-refractivity contribution in [3.05, 3.63) is 72.3 Å². The highest BCUT2D eigenvalue weighted by atomic mass is 32.2. The van der Waals surface area contributed by atoms with Crippen LogP contribution in [0.1, 0.15) is 28.9 Å². The molecule has 3 rings (SSSR count). The van der Waals surface area contributed by atoms with E-state index in [2.05, 4.69) is 16.3 Å². The van der Waals surface area contributed by atoms with Crippen LogP contribution in [0.2, 0.25) is 0 Å². The number of nitrogens with one attached hydrogen (secondary N) is 1. The maximum Gasteiger partial charge on any atom is 0.254 e. The second-order valence-corrected chi connectivity index (χ2v) is 8.01. The standard InChI is InChI=1S/C19H20FN3O3S/c1-2-10-22-27(25,26)18-12-14(6-9-17(18)20)19(24)23(16-7-8-16)13-15-5-3-4-11-21-15/h2-6,9,11-12,16,22H,1,7-8,10,13H2. The van der Waals surface area contributed by atoms with Crippen molar-refractivity contribution in [1.29, 1.82) is 0 Å². The molecule has 1 aromatic carbocycles. The van der Waals surface area contributed by atoms with Crippen LogP contribution in [0.25, 0.3) is 0 Å². The normalized spacial score (nSPS) is 14.0. The minimum absolute atomic E-state index is 0.0339. The minimum Gasteiger partial charge on any atom is -0.330 e. The largest absolute Gasteiger partial charge is 0.330 e. The molecule has 0 spiro atoms. The van der Waals surface area contributed by atoms with Gasteiger partial charge in [0.2, 0.25) is 10.0 Å². The minimum atomic E-state index is -4.08. The molecule has 1 aliphatic rings. The van der Waals surface area contributed by atoms with Crippen LogP contribution < -0.4 is 4.72 Å². The summed E-state index contributed by atoms with van der Waals surface area (Å²) in [6.07, 6.45) is 4.77. The molecule has 0 saturated heterocycles. The van der Waals surface area contributed by atoms with E-state index in [1.54, 1.807) is 17.2 Å². The summed E-state index contributed by atoms with van der Waals surface area (Å²) < 4.78 is 40.8. The number of benzene rings is 1. The van der Waals surface area contributed by atoms with Crippen molar-refractivity contribution >= 4 is 15.9 Å². The zero-order valence-electron chi connectivity index (χ0n) is 14.6. The molecule has 0 radical (unpaired) electrons. The number of hydrogen-bond donors (Lipinski definition) is 1. The molecule has 0 unspecified atom stereocenters. The molecule has 142 valence electrons. The van der Waals surface area contributed by atoms with E-state index in [1.165, 1.54) is 12.1 Å². The number of carbonyl (C=O) groups excluding carboxylic acids is 1. The first-order valence-electron chi connectivity index (χ1n) is 8.53. The van der Waals surface area contributed by atoms with E-state index in [-0.39, 0.29) is 24.1 Å². The number of amides is 1. The number of hydrogen-bond acceptors (Lipinski definition) is 4. The smallest absolute Gasteiger partial charge is 0.254 e. The zero-order chi connectivity index (χ0) is 19.4. The van der Waals surface area contributed by atoms with Gasteiger partial charge < -0.3 is 4.90 Å². The lowest BCUT2D eigenvalue weighted by atomic mass is 10.2. The van der Waals surface area contributed by atoms with Gasteiger partial charge in [0.25, 0.3) is 5.91 Å². The summed E-state index contributed by atoms with van der Waals surface area (Å²) in [7, 11) is -4.08. The highest BCUT2D eigenvalue weighted by Crippen LogP contribution is 2.30. The fraction of sp³-hybridized carbons (Fsp3) is 0.263. The van der Waals surface area contributed by atoms with Gasteiger partial charge in [0.15, 0.2) is 0 Å². The molecule has 2 aromatic rings. The molecule has 8 heteroatoms. The third-order valence-electron chi connectivity index (χ3n) is 4.19. The fourth-order valence-corrected chi connectivity index (χ4v) is 3.77. The number of halogens is 1. The van der Waals surface area contributed by atoms with Crippen LogP contribution in [0.15, 0.2) is 60.1 Å². The monoisotopic (exact) mass is 389 g/mol. The summed E-state index contributed by atoms with van der Waals surface area (Å²) in [4.78, 5) is 18.3. The fourth-order valence-electron chi connectivity index (χ4n) is 2.67. The number of nitrogens with zero attached hydrogens (tertiary/aromatic N) is 2. The molecule has 1 aromatic heterocycles. The summed E-state index contributed by atoms with van der Waals surface area (Å²) in [6, 6.07) is 8.92. The molecule has 1 N–H and O–H groups in total. The van der Waals surface area contributed by atoms with Crippen LogP contribution in [0.4, 0.5) is 4.39 Å². The van der Waals surface area contributed by atoms with Gasteiger partial charge in [0, 0.05) is 24.3 Å². The quantitative estimate of drug-likeness (QED) is 0.704. The van der Waals surface area contributed by atoms with E-state index in [0.29, 0.717) is 6.54 Å². The summed E-state index contributed by atoms with van der Waals surface area (Å²) in [5.41, 5.74) is 0.860. The second-order valence-electron chi connectivity index (χ2n) is 6.27. The average Bonchev–Trinajstić information content (AvgIpc) is 3.50. The van der Waals surface area contributed by atoms with E-state index in [9.17, 15) is 17.6 Å². The highest BCUT2D eigenvalue weighted by Gasteiger charge is 2.34. The average molecular weight is 389 g/mol. The topological polar surface area (TPSA) is 79.4 Å². The summed E-state index contributed by atoms with van der Waals surface area (Å²) >= 11 is 0. The third kappa shape index (κ3) is 4.58. The molecular weight excluding hydrogens is 369 g/mol. The number of aromatic nitrogens is 1. The van der Waals surface area contributed by atoms with Crippen molar-refractivity contribution in [3.8, 4) is 0 Å². The predicted octanol–water partition coefficient (Wildman–Crippen LogP) is 2.49. The Morgan fingerprint density at radius 2 is 2.11 bits per heavy atom. The second kappa shape index (κ2) is 7.98. The Labute approximate surface area is 157 Å². The Bertz CT molecular complexity index is 944. The van der Waals surface area contributed by atoms with Crippen molar-refractivity contribution in [2.75, 3.05) is 6.54 Å². The van der Waals surface area contributed by atoms with Crippen LogP contribution in [0.3, 0.4) is 0 Å². The van der Waals surface area contributed by atoms with Crippen LogP contribution in [-0.2, 0) is 16.6 Å². The molecule has 0 aliphatic heterocycles. The molecule has 27 heavy (non-hydrogen) atoms. The molecule has 1 fully saturated rings. The van der Waals surface area contributed by atoms with E-state index in [4.69, 9.17) is 0 Å². The zero-order valence-corrected chi connectivity index (χ0v) is 15.5. The van der Waals surface area contributed by atoms with Crippen molar-refractivity contribution < 1.29 is 17.6 Å². The molecule has 1 heterocycles. The van der Waals surface area contributed by atoms with Crippen molar-refractivity contribution in [2.45, 2.75) is 30.3 Å². The lowest BCUT2D eigenvalue weighted by Gasteiger charge is -2.22. The van der Waals surface area contributed by atoms with E-state index < -0.39 is 20.7 Å².